The Labute approximate surface area is 149 Å². The minimum atomic E-state index is -0.788. The zero-order valence-corrected chi connectivity index (χ0v) is 14.7. The van der Waals surface area contributed by atoms with Gasteiger partial charge in [-0.3, -0.25) is 9.59 Å². The number of anilines is 1. The number of rotatable bonds is 4. The fraction of sp³-hybridized carbons (Fsp3) is 0.176. The fourth-order valence-corrected chi connectivity index (χ4v) is 2.25. The number of carbonyl (C=O) groups excluding carboxylic acids is 2. The smallest absolute Gasteiger partial charge is 0.313 e. The van der Waals surface area contributed by atoms with Crippen molar-refractivity contribution in [2.24, 2.45) is 0 Å². The number of nitrogens with one attached hydrogen (secondary N) is 2. The van der Waals surface area contributed by atoms with Crippen molar-refractivity contribution in [2.75, 3.05) is 12.4 Å². The highest BCUT2D eigenvalue weighted by Crippen LogP contribution is 2.30. The number of carbonyl (C=O) groups is 2. The van der Waals surface area contributed by atoms with E-state index in [2.05, 4.69) is 10.6 Å². The van der Waals surface area contributed by atoms with Gasteiger partial charge >= 0.3 is 11.8 Å². The molecule has 0 atom stereocenters. The van der Waals surface area contributed by atoms with Crippen LogP contribution in [0.1, 0.15) is 11.1 Å². The van der Waals surface area contributed by atoms with E-state index in [1.54, 1.807) is 43.3 Å². The lowest BCUT2D eigenvalue weighted by molar-refractivity contribution is -0.136. The molecular weight excluding hydrogens is 351 g/mol. The molecule has 0 radical (unpaired) electrons. The summed E-state index contributed by atoms with van der Waals surface area (Å²) in [5, 5.41) is 6.18. The Morgan fingerprint density at radius 2 is 1.75 bits per heavy atom. The molecular formula is C17H16Cl2N2O3. The third-order valence-electron chi connectivity index (χ3n) is 3.30. The molecule has 0 heterocycles. The van der Waals surface area contributed by atoms with Crippen LogP contribution in [-0.2, 0) is 16.1 Å². The van der Waals surface area contributed by atoms with E-state index in [-0.39, 0.29) is 6.54 Å². The SMILES string of the molecule is COc1cc(Cl)c(C)cc1NC(=O)C(=O)NCc1ccc(Cl)cc1. The Bertz CT molecular complexity index is 761. The molecule has 0 aliphatic carbocycles. The van der Waals surface area contributed by atoms with Crippen LogP contribution in [0, 0.1) is 6.92 Å². The zero-order valence-electron chi connectivity index (χ0n) is 13.2. The van der Waals surface area contributed by atoms with Crippen LogP contribution in [0.15, 0.2) is 36.4 Å². The first-order valence-electron chi connectivity index (χ1n) is 7.08. The molecule has 24 heavy (non-hydrogen) atoms. The lowest BCUT2D eigenvalue weighted by Crippen LogP contribution is -2.35. The average Bonchev–Trinajstić information content (AvgIpc) is 2.57. The first-order chi connectivity index (χ1) is 11.4. The lowest BCUT2D eigenvalue weighted by atomic mass is 10.2. The summed E-state index contributed by atoms with van der Waals surface area (Å²) >= 11 is 11.8. The summed E-state index contributed by atoms with van der Waals surface area (Å²) in [4.78, 5) is 23.9. The Morgan fingerprint density at radius 3 is 2.38 bits per heavy atom. The number of amides is 2. The molecule has 0 aromatic heterocycles. The van der Waals surface area contributed by atoms with Crippen LogP contribution in [0.2, 0.25) is 10.0 Å². The Morgan fingerprint density at radius 1 is 1.08 bits per heavy atom. The predicted molar refractivity (Wildman–Crippen MR) is 94.7 cm³/mol. The van der Waals surface area contributed by atoms with Gasteiger partial charge in [0, 0.05) is 22.7 Å². The minimum absolute atomic E-state index is 0.222. The second kappa shape index (κ2) is 8.04. The van der Waals surface area contributed by atoms with E-state index in [0.29, 0.717) is 21.5 Å². The van der Waals surface area contributed by atoms with Crippen molar-refractivity contribution in [1.29, 1.82) is 0 Å². The van der Waals surface area contributed by atoms with Gasteiger partial charge in [-0.2, -0.15) is 0 Å². The first kappa shape index (κ1) is 18.1. The molecule has 0 spiro atoms. The number of methoxy groups -OCH3 is 1. The molecule has 0 fully saturated rings. The number of halogens is 2. The van der Waals surface area contributed by atoms with Crippen molar-refractivity contribution in [3.05, 3.63) is 57.6 Å². The normalized spacial score (nSPS) is 10.2. The van der Waals surface area contributed by atoms with Crippen LogP contribution in [-0.4, -0.2) is 18.9 Å². The maximum absolute atomic E-state index is 12.0. The fourth-order valence-electron chi connectivity index (χ4n) is 1.97. The molecule has 0 aliphatic heterocycles. The van der Waals surface area contributed by atoms with Crippen LogP contribution in [0.5, 0.6) is 5.75 Å². The minimum Gasteiger partial charge on any atom is -0.495 e. The van der Waals surface area contributed by atoms with Crippen LogP contribution in [0.3, 0.4) is 0 Å². The molecule has 0 saturated carbocycles. The summed E-state index contributed by atoms with van der Waals surface area (Å²) in [6.07, 6.45) is 0. The second-order valence-electron chi connectivity index (χ2n) is 5.06. The number of hydrogen-bond donors (Lipinski definition) is 2. The molecule has 5 nitrogen and oxygen atoms in total. The van der Waals surface area contributed by atoms with Gasteiger partial charge in [0.15, 0.2) is 0 Å². The first-order valence-corrected chi connectivity index (χ1v) is 7.84. The van der Waals surface area contributed by atoms with Crippen LogP contribution in [0.4, 0.5) is 5.69 Å². The predicted octanol–water partition coefficient (Wildman–Crippen LogP) is 3.57. The topological polar surface area (TPSA) is 67.4 Å². The average molecular weight is 367 g/mol. The Hall–Kier alpha value is -2.24. The second-order valence-corrected chi connectivity index (χ2v) is 5.91. The molecule has 7 heteroatoms. The van der Waals surface area contributed by atoms with Crippen molar-refractivity contribution < 1.29 is 14.3 Å². The molecule has 0 saturated heterocycles. The number of aryl methyl sites for hydroxylation is 1. The summed E-state index contributed by atoms with van der Waals surface area (Å²) in [5.74, 6) is -1.16. The molecule has 0 unspecified atom stereocenters. The molecule has 0 bridgehead atoms. The summed E-state index contributed by atoms with van der Waals surface area (Å²) in [6.45, 7) is 2.01. The number of hydrogen-bond acceptors (Lipinski definition) is 3. The number of ether oxygens (including phenoxy) is 1. The third-order valence-corrected chi connectivity index (χ3v) is 3.96. The quantitative estimate of drug-likeness (QED) is 0.812. The van der Waals surface area contributed by atoms with E-state index >= 15 is 0 Å². The van der Waals surface area contributed by atoms with Gasteiger partial charge in [0.05, 0.1) is 12.8 Å². The zero-order chi connectivity index (χ0) is 17.7. The largest absolute Gasteiger partial charge is 0.495 e. The van der Waals surface area contributed by atoms with E-state index < -0.39 is 11.8 Å². The molecule has 2 aromatic rings. The van der Waals surface area contributed by atoms with Crippen molar-refractivity contribution in [3.63, 3.8) is 0 Å². The standard InChI is InChI=1S/C17H16Cl2N2O3/c1-10-7-14(15(24-2)8-13(10)19)21-17(23)16(22)20-9-11-3-5-12(18)6-4-11/h3-8H,9H2,1-2H3,(H,20,22)(H,21,23). The molecule has 2 aromatic carbocycles. The van der Waals surface area contributed by atoms with E-state index in [9.17, 15) is 9.59 Å². The van der Waals surface area contributed by atoms with Crippen molar-refractivity contribution in [1.82, 2.24) is 5.32 Å². The highest BCUT2D eigenvalue weighted by Gasteiger charge is 2.16. The van der Waals surface area contributed by atoms with Gasteiger partial charge in [0.1, 0.15) is 5.75 Å². The molecule has 0 aliphatic rings. The molecule has 2 amide bonds. The third kappa shape index (κ3) is 4.63. The van der Waals surface area contributed by atoms with E-state index in [4.69, 9.17) is 27.9 Å². The monoisotopic (exact) mass is 366 g/mol. The van der Waals surface area contributed by atoms with Crippen LogP contribution < -0.4 is 15.4 Å². The highest BCUT2D eigenvalue weighted by atomic mass is 35.5. The van der Waals surface area contributed by atoms with E-state index in [0.717, 1.165) is 11.1 Å². The summed E-state index contributed by atoms with van der Waals surface area (Å²) in [5.41, 5.74) is 1.97. The van der Waals surface area contributed by atoms with Crippen molar-refractivity contribution in [2.45, 2.75) is 13.5 Å². The summed E-state index contributed by atoms with van der Waals surface area (Å²) in [6, 6.07) is 10.2. The lowest BCUT2D eigenvalue weighted by Gasteiger charge is -2.12. The van der Waals surface area contributed by atoms with Crippen molar-refractivity contribution in [3.8, 4) is 5.75 Å². The van der Waals surface area contributed by atoms with Gasteiger partial charge < -0.3 is 15.4 Å². The number of benzene rings is 2. The molecule has 126 valence electrons. The van der Waals surface area contributed by atoms with Gasteiger partial charge in [-0.05, 0) is 36.2 Å². The van der Waals surface area contributed by atoms with Crippen LogP contribution in [0.25, 0.3) is 0 Å². The Balaban J connectivity index is 2.00. The summed E-state index contributed by atoms with van der Waals surface area (Å²) in [7, 11) is 1.46. The maximum atomic E-state index is 12.0. The van der Waals surface area contributed by atoms with E-state index in [1.165, 1.54) is 7.11 Å². The Kier molecular flexibility index (Phi) is 6.06. The summed E-state index contributed by atoms with van der Waals surface area (Å²) < 4.78 is 5.16. The van der Waals surface area contributed by atoms with Crippen LogP contribution >= 0.6 is 23.2 Å². The van der Waals surface area contributed by atoms with Gasteiger partial charge in [0.25, 0.3) is 0 Å². The van der Waals surface area contributed by atoms with Gasteiger partial charge in [-0.15, -0.1) is 0 Å². The molecule has 2 rings (SSSR count). The maximum Gasteiger partial charge on any atom is 0.313 e. The highest BCUT2D eigenvalue weighted by molar-refractivity contribution is 6.40. The molecule has 2 N–H and O–H groups in total. The van der Waals surface area contributed by atoms with Crippen molar-refractivity contribution >= 4 is 40.7 Å². The van der Waals surface area contributed by atoms with E-state index in [1.807, 2.05) is 0 Å². The van der Waals surface area contributed by atoms with Gasteiger partial charge in [-0.25, -0.2) is 0 Å². The van der Waals surface area contributed by atoms with Gasteiger partial charge in [-0.1, -0.05) is 35.3 Å². The van der Waals surface area contributed by atoms with Gasteiger partial charge in [0.2, 0.25) is 0 Å².